The lowest BCUT2D eigenvalue weighted by atomic mass is 10.0. The van der Waals surface area contributed by atoms with Gasteiger partial charge in [-0.05, 0) is 69.0 Å². The van der Waals surface area contributed by atoms with E-state index in [0.717, 1.165) is 6.16 Å². The molecule has 0 aliphatic heterocycles. The third-order valence-corrected chi connectivity index (χ3v) is 12.5. The molecule has 2 N–H and O–H groups in total. The van der Waals surface area contributed by atoms with E-state index in [-0.39, 0.29) is 7.92 Å². The quantitative estimate of drug-likeness (QED) is 0.275. The molecule has 2 aromatic heterocycles. The van der Waals surface area contributed by atoms with Crippen LogP contribution in [-0.4, -0.2) is 20.3 Å². The summed E-state index contributed by atoms with van der Waals surface area (Å²) in [6, 6.07) is 18.2. The van der Waals surface area contributed by atoms with Crippen molar-refractivity contribution in [3.8, 4) is 0 Å². The fourth-order valence-electron chi connectivity index (χ4n) is 4.82. The number of hydrogen-bond donors (Lipinski definition) is 2. The smallest absolute Gasteiger partial charge is 0.00860 e. The van der Waals surface area contributed by atoms with Gasteiger partial charge >= 0.3 is 0 Å². The molecule has 4 rings (SSSR count). The Balaban J connectivity index is 1.83. The maximum atomic E-state index is 3.28. The van der Waals surface area contributed by atoms with Crippen molar-refractivity contribution < 1.29 is 0 Å². The molecule has 0 bridgehead atoms. The molecule has 0 saturated heterocycles. The van der Waals surface area contributed by atoms with Crippen LogP contribution in [0, 0.1) is 0 Å². The number of rotatable bonds is 6. The number of H-pyrrole nitrogens is 2. The van der Waals surface area contributed by atoms with Gasteiger partial charge in [-0.25, -0.2) is 0 Å². The first-order valence-electron chi connectivity index (χ1n) is 11.4. The van der Waals surface area contributed by atoms with Crippen molar-refractivity contribution in [2.75, 3.05) is 0 Å². The molecule has 2 nitrogen and oxygen atoms in total. The van der Waals surface area contributed by atoms with Gasteiger partial charge in [-0.15, -0.1) is 0 Å². The standard InChI is InChI=1S/C28H36N2P2/c1-27(2,3)32(28(4,5)6)20-26-22(12-11-21-9-7-8-10-25(21)26)19-31(23-13-15-29-17-23)24-14-16-30-18-24/h7-18,29-30H,19-20H2,1-6H3. The lowest BCUT2D eigenvalue weighted by Crippen LogP contribution is -2.26. The van der Waals surface area contributed by atoms with Crippen LogP contribution < -0.4 is 10.6 Å². The lowest BCUT2D eigenvalue weighted by molar-refractivity contribution is 0.703. The van der Waals surface area contributed by atoms with E-state index < -0.39 is 7.92 Å². The highest BCUT2D eigenvalue weighted by atomic mass is 31.1. The second-order valence-electron chi connectivity index (χ2n) is 10.6. The van der Waals surface area contributed by atoms with E-state index in [0.29, 0.717) is 10.3 Å². The zero-order chi connectivity index (χ0) is 22.9. The molecule has 0 aliphatic rings. The summed E-state index contributed by atoms with van der Waals surface area (Å²) in [5, 5.41) is 6.21. The first-order chi connectivity index (χ1) is 15.1. The summed E-state index contributed by atoms with van der Waals surface area (Å²) in [7, 11) is -0.690. The summed E-state index contributed by atoms with van der Waals surface area (Å²) in [4.78, 5) is 6.57. The Bertz CT molecular complexity index is 1100. The molecule has 32 heavy (non-hydrogen) atoms. The van der Waals surface area contributed by atoms with E-state index in [4.69, 9.17) is 0 Å². The molecule has 0 fully saturated rings. The topological polar surface area (TPSA) is 31.6 Å². The number of benzene rings is 2. The van der Waals surface area contributed by atoms with Gasteiger partial charge < -0.3 is 9.97 Å². The average Bonchev–Trinajstić information content (AvgIpc) is 3.43. The van der Waals surface area contributed by atoms with E-state index in [2.05, 4.69) is 125 Å². The molecule has 0 saturated carbocycles. The van der Waals surface area contributed by atoms with Crippen molar-refractivity contribution in [1.29, 1.82) is 0 Å². The van der Waals surface area contributed by atoms with Gasteiger partial charge in [0.1, 0.15) is 0 Å². The molecule has 0 atom stereocenters. The van der Waals surface area contributed by atoms with Crippen molar-refractivity contribution in [3.05, 3.63) is 84.4 Å². The van der Waals surface area contributed by atoms with Gasteiger partial charge in [0.15, 0.2) is 0 Å². The van der Waals surface area contributed by atoms with Crippen molar-refractivity contribution in [1.82, 2.24) is 9.97 Å². The second kappa shape index (κ2) is 9.17. The van der Waals surface area contributed by atoms with Crippen molar-refractivity contribution in [3.63, 3.8) is 0 Å². The van der Waals surface area contributed by atoms with Crippen molar-refractivity contribution >= 4 is 37.2 Å². The molecule has 0 aliphatic carbocycles. The predicted molar refractivity (Wildman–Crippen MR) is 146 cm³/mol. The van der Waals surface area contributed by atoms with E-state index >= 15 is 0 Å². The zero-order valence-corrected chi connectivity index (χ0v) is 22.0. The fraction of sp³-hybridized carbons (Fsp3) is 0.357. The maximum absolute atomic E-state index is 3.28. The highest BCUT2D eigenvalue weighted by Gasteiger charge is 2.35. The first-order valence-corrected chi connectivity index (χ1v) is 14.5. The van der Waals surface area contributed by atoms with Crippen LogP contribution in [0.2, 0.25) is 0 Å². The van der Waals surface area contributed by atoms with Gasteiger partial charge in [0.2, 0.25) is 0 Å². The monoisotopic (exact) mass is 462 g/mol. The summed E-state index contributed by atoms with van der Waals surface area (Å²) in [5.41, 5.74) is 3.08. The van der Waals surface area contributed by atoms with Crippen LogP contribution in [0.1, 0.15) is 52.7 Å². The third kappa shape index (κ3) is 5.03. The normalized spacial score (nSPS) is 12.9. The molecule has 168 valence electrons. The SMILES string of the molecule is CC(C)(C)P(Cc1c(CP(c2cc[nH]c2)c2cc[nH]c2)ccc2ccccc12)C(C)(C)C. The molecule has 0 unspecified atom stereocenters. The molecule has 4 heteroatoms. The highest BCUT2D eigenvalue weighted by Crippen LogP contribution is 2.62. The minimum atomic E-state index is -0.461. The van der Waals surface area contributed by atoms with Crippen molar-refractivity contribution in [2.24, 2.45) is 0 Å². The number of fused-ring (bicyclic) bond motifs is 1. The van der Waals surface area contributed by atoms with Crippen LogP contribution in [0.3, 0.4) is 0 Å². The fourth-order valence-corrected chi connectivity index (χ4v) is 10.7. The molecule has 0 spiro atoms. The summed E-state index contributed by atoms with van der Waals surface area (Å²) in [6.07, 6.45) is 10.7. The van der Waals surface area contributed by atoms with Crippen LogP contribution in [0.4, 0.5) is 0 Å². The summed E-state index contributed by atoms with van der Waals surface area (Å²) < 4.78 is 0. The van der Waals surface area contributed by atoms with Crippen LogP contribution >= 0.6 is 15.8 Å². The number of aromatic amines is 2. The van der Waals surface area contributed by atoms with Crippen LogP contribution in [0.25, 0.3) is 10.8 Å². The molecule has 4 aromatic rings. The molecule has 0 radical (unpaired) electrons. The first kappa shape index (κ1) is 23.3. The van der Waals surface area contributed by atoms with E-state index in [1.165, 1.54) is 33.1 Å². The Morgan fingerprint density at radius 1 is 0.688 bits per heavy atom. The minimum Gasteiger partial charge on any atom is -0.367 e. The van der Waals surface area contributed by atoms with Crippen LogP contribution in [0.5, 0.6) is 0 Å². The predicted octanol–water partition coefficient (Wildman–Crippen LogP) is 7.71. The van der Waals surface area contributed by atoms with Gasteiger partial charge in [0.25, 0.3) is 0 Å². The molecule has 0 amide bonds. The summed E-state index contributed by atoms with van der Waals surface area (Å²) >= 11 is 0. The molecular formula is C28H36N2P2. The maximum Gasteiger partial charge on any atom is 0.00860 e. The van der Waals surface area contributed by atoms with E-state index in [1.807, 2.05) is 0 Å². The molecule has 2 heterocycles. The van der Waals surface area contributed by atoms with Crippen LogP contribution in [-0.2, 0) is 12.3 Å². The molecular weight excluding hydrogens is 426 g/mol. The second-order valence-corrected chi connectivity index (χ2v) is 16.6. The average molecular weight is 463 g/mol. The minimum absolute atomic E-state index is 0.229. The lowest BCUT2D eigenvalue weighted by Gasteiger charge is -2.42. The van der Waals surface area contributed by atoms with Gasteiger partial charge in [-0.2, -0.15) is 0 Å². The third-order valence-electron chi connectivity index (χ3n) is 6.19. The van der Waals surface area contributed by atoms with E-state index in [9.17, 15) is 0 Å². The van der Waals surface area contributed by atoms with Gasteiger partial charge in [-0.1, -0.05) is 85.9 Å². The van der Waals surface area contributed by atoms with Gasteiger partial charge in [0, 0.05) is 30.9 Å². The van der Waals surface area contributed by atoms with Crippen molar-refractivity contribution in [2.45, 2.75) is 64.2 Å². The zero-order valence-electron chi connectivity index (χ0n) is 20.2. The Morgan fingerprint density at radius 3 is 1.81 bits per heavy atom. The summed E-state index contributed by atoms with van der Waals surface area (Å²) in [6.45, 7) is 14.6. The van der Waals surface area contributed by atoms with Gasteiger partial charge in [0.05, 0.1) is 0 Å². The molecule has 2 aromatic carbocycles. The van der Waals surface area contributed by atoms with Crippen LogP contribution in [0.15, 0.2) is 73.3 Å². The largest absolute Gasteiger partial charge is 0.367 e. The number of hydrogen-bond acceptors (Lipinski definition) is 0. The highest BCUT2D eigenvalue weighted by molar-refractivity contribution is 7.72. The van der Waals surface area contributed by atoms with E-state index in [1.54, 1.807) is 5.56 Å². The Kier molecular flexibility index (Phi) is 6.67. The Morgan fingerprint density at radius 2 is 1.28 bits per heavy atom. The van der Waals surface area contributed by atoms with Gasteiger partial charge in [-0.3, -0.25) is 0 Å². The number of nitrogens with one attached hydrogen (secondary N) is 2. The summed E-state index contributed by atoms with van der Waals surface area (Å²) in [5.74, 6) is 0. The Hall–Kier alpha value is -1.88. The Labute approximate surface area is 195 Å². The number of aromatic nitrogens is 2.